The maximum Gasteiger partial charge on any atom is 0.332 e. The van der Waals surface area contributed by atoms with Gasteiger partial charge in [-0.3, -0.25) is 0 Å². The van der Waals surface area contributed by atoms with Crippen molar-refractivity contribution in [2.24, 2.45) is 0 Å². The molecule has 0 fully saturated rings. The van der Waals surface area contributed by atoms with Crippen molar-refractivity contribution in [3.8, 4) is 0 Å². The Balaban J connectivity index is 4.26. The summed E-state index contributed by atoms with van der Waals surface area (Å²) in [5.74, 6) is -1.26. The molecule has 5 heteroatoms. The first-order valence-corrected chi connectivity index (χ1v) is 4.24. The van der Waals surface area contributed by atoms with Gasteiger partial charge in [-0.2, -0.15) is 0 Å². The number of methoxy groups -OCH3 is 1. The Morgan fingerprint density at radius 3 is 2.00 bits per heavy atom. The first-order chi connectivity index (χ1) is 7.04. The minimum atomic E-state index is -0.959. The van der Waals surface area contributed by atoms with Crippen LogP contribution in [-0.2, 0) is 23.8 Å². The standard InChI is InChI=1S/C10H14O5/c1-5-8(11)14-7(3)10(13-4)15-9(12)6-2/h5-7,10H,1-2H2,3-4H3. The van der Waals surface area contributed by atoms with E-state index in [0.717, 1.165) is 12.2 Å². The summed E-state index contributed by atoms with van der Waals surface area (Å²) in [6, 6.07) is 0. The van der Waals surface area contributed by atoms with Crippen LogP contribution in [0.3, 0.4) is 0 Å². The first kappa shape index (κ1) is 13.4. The molecule has 0 aliphatic carbocycles. The highest BCUT2D eigenvalue weighted by molar-refractivity contribution is 5.82. The highest BCUT2D eigenvalue weighted by atomic mass is 16.7. The minimum Gasteiger partial charge on any atom is -0.453 e. The van der Waals surface area contributed by atoms with Crippen molar-refractivity contribution in [3.05, 3.63) is 25.3 Å². The first-order valence-electron chi connectivity index (χ1n) is 4.24. The Morgan fingerprint density at radius 1 is 1.13 bits per heavy atom. The van der Waals surface area contributed by atoms with E-state index in [0.29, 0.717) is 0 Å². The monoisotopic (exact) mass is 214 g/mol. The van der Waals surface area contributed by atoms with Crippen LogP contribution in [0, 0.1) is 0 Å². The van der Waals surface area contributed by atoms with Crippen molar-refractivity contribution in [1.82, 2.24) is 0 Å². The normalized spacial score (nSPS) is 13.5. The largest absolute Gasteiger partial charge is 0.453 e. The van der Waals surface area contributed by atoms with E-state index in [1.165, 1.54) is 14.0 Å². The van der Waals surface area contributed by atoms with Gasteiger partial charge in [-0.05, 0) is 6.92 Å². The molecular weight excluding hydrogens is 200 g/mol. The molecule has 2 atom stereocenters. The summed E-state index contributed by atoms with van der Waals surface area (Å²) < 4.78 is 14.4. The lowest BCUT2D eigenvalue weighted by molar-refractivity contribution is -0.197. The summed E-state index contributed by atoms with van der Waals surface area (Å²) in [5, 5.41) is 0. The number of ether oxygens (including phenoxy) is 3. The van der Waals surface area contributed by atoms with E-state index in [1.807, 2.05) is 0 Å². The fourth-order valence-corrected chi connectivity index (χ4v) is 0.785. The van der Waals surface area contributed by atoms with E-state index in [4.69, 9.17) is 14.2 Å². The molecule has 15 heavy (non-hydrogen) atoms. The molecule has 0 saturated heterocycles. The zero-order valence-corrected chi connectivity index (χ0v) is 8.76. The molecular formula is C10H14O5. The van der Waals surface area contributed by atoms with E-state index in [-0.39, 0.29) is 0 Å². The van der Waals surface area contributed by atoms with Crippen LogP contribution < -0.4 is 0 Å². The Hall–Kier alpha value is -1.62. The van der Waals surface area contributed by atoms with Crippen molar-refractivity contribution >= 4 is 11.9 Å². The third-order valence-corrected chi connectivity index (χ3v) is 1.48. The summed E-state index contributed by atoms with van der Waals surface area (Å²) in [6.07, 6.45) is 0.330. The Morgan fingerprint density at radius 2 is 1.60 bits per heavy atom. The molecule has 0 bridgehead atoms. The topological polar surface area (TPSA) is 61.8 Å². The smallest absolute Gasteiger partial charge is 0.332 e. The van der Waals surface area contributed by atoms with Gasteiger partial charge in [-0.15, -0.1) is 0 Å². The van der Waals surface area contributed by atoms with Crippen LogP contribution in [0.15, 0.2) is 25.3 Å². The maximum absolute atomic E-state index is 10.9. The van der Waals surface area contributed by atoms with Crippen LogP contribution in [0.5, 0.6) is 0 Å². The Bertz CT molecular complexity index is 259. The SMILES string of the molecule is C=CC(=O)OC(C)C(OC)OC(=O)C=C. The second kappa shape index (κ2) is 6.78. The highest BCUT2D eigenvalue weighted by Crippen LogP contribution is 2.06. The molecule has 0 N–H and O–H groups in total. The van der Waals surface area contributed by atoms with Gasteiger partial charge in [-0.25, -0.2) is 9.59 Å². The number of carbonyl (C=O) groups is 2. The highest BCUT2D eigenvalue weighted by Gasteiger charge is 2.22. The summed E-state index contributed by atoms with van der Waals surface area (Å²) in [5.41, 5.74) is 0. The van der Waals surface area contributed by atoms with Crippen LogP contribution in [0.4, 0.5) is 0 Å². The van der Waals surface area contributed by atoms with E-state index in [1.54, 1.807) is 0 Å². The van der Waals surface area contributed by atoms with Gasteiger partial charge in [0.15, 0.2) is 6.10 Å². The van der Waals surface area contributed by atoms with Gasteiger partial charge in [0, 0.05) is 19.3 Å². The summed E-state index contributed by atoms with van der Waals surface area (Å²) >= 11 is 0. The molecule has 0 rings (SSSR count). The molecule has 0 aromatic rings. The molecule has 2 unspecified atom stereocenters. The zero-order chi connectivity index (χ0) is 11.8. The summed E-state index contributed by atoms with van der Waals surface area (Å²) in [6.45, 7) is 8.00. The van der Waals surface area contributed by atoms with E-state index in [9.17, 15) is 9.59 Å². The van der Waals surface area contributed by atoms with E-state index >= 15 is 0 Å². The van der Waals surface area contributed by atoms with Crippen molar-refractivity contribution in [2.45, 2.75) is 19.3 Å². The van der Waals surface area contributed by atoms with Crippen LogP contribution in [0.25, 0.3) is 0 Å². The lowest BCUT2D eigenvalue weighted by Gasteiger charge is -2.21. The van der Waals surface area contributed by atoms with Crippen LogP contribution in [0.2, 0.25) is 0 Å². The Kier molecular flexibility index (Phi) is 6.05. The van der Waals surface area contributed by atoms with E-state index in [2.05, 4.69) is 13.2 Å². The predicted molar refractivity (Wildman–Crippen MR) is 52.8 cm³/mol. The molecule has 0 aromatic heterocycles. The van der Waals surface area contributed by atoms with Gasteiger partial charge in [0.25, 0.3) is 0 Å². The van der Waals surface area contributed by atoms with Crippen molar-refractivity contribution in [2.75, 3.05) is 7.11 Å². The van der Waals surface area contributed by atoms with Crippen LogP contribution >= 0.6 is 0 Å². The predicted octanol–water partition coefficient (Wildman–Crippen LogP) is 0.806. The van der Waals surface area contributed by atoms with Crippen LogP contribution in [-0.4, -0.2) is 31.4 Å². The second-order valence-electron chi connectivity index (χ2n) is 2.59. The van der Waals surface area contributed by atoms with Gasteiger partial charge in [0.1, 0.15) is 0 Å². The molecule has 0 heterocycles. The number of rotatable bonds is 6. The average Bonchev–Trinajstić information content (AvgIpc) is 2.24. The maximum atomic E-state index is 10.9. The van der Waals surface area contributed by atoms with Crippen molar-refractivity contribution in [1.29, 1.82) is 0 Å². The van der Waals surface area contributed by atoms with Crippen molar-refractivity contribution in [3.63, 3.8) is 0 Å². The molecule has 84 valence electrons. The molecule has 0 aromatic carbocycles. The molecule has 0 aliphatic heterocycles. The quantitative estimate of drug-likeness (QED) is 0.372. The van der Waals surface area contributed by atoms with Gasteiger partial charge in [0.2, 0.25) is 6.29 Å². The average molecular weight is 214 g/mol. The third kappa shape index (κ3) is 4.97. The lowest BCUT2D eigenvalue weighted by atomic mass is 10.4. The van der Waals surface area contributed by atoms with Gasteiger partial charge in [0.05, 0.1) is 0 Å². The second-order valence-corrected chi connectivity index (χ2v) is 2.59. The molecule has 0 spiro atoms. The fraction of sp³-hybridized carbons (Fsp3) is 0.400. The molecule has 0 amide bonds. The fourth-order valence-electron chi connectivity index (χ4n) is 0.785. The summed E-state index contributed by atoms with van der Waals surface area (Å²) in [7, 11) is 1.33. The third-order valence-electron chi connectivity index (χ3n) is 1.48. The lowest BCUT2D eigenvalue weighted by Crippen LogP contribution is -2.33. The van der Waals surface area contributed by atoms with E-state index < -0.39 is 24.3 Å². The van der Waals surface area contributed by atoms with Crippen molar-refractivity contribution < 1.29 is 23.8 Å². The molecule has 0 radical (unpaired) electrons. The number of hydrogen-bond donors (Lipinski definition) is 0. The molecule has 0 aliphatic rings. The minimum absolute atomic E-state index is 0.612. The summed E-state index contributed by atoms with van der Waals surface area (Å²) in [4.78, 5) is 21.7. The zero-order valence-electron chi connectivity index (χ0n) is 8.76. The number of hydrogen-bond acceptors (Lipinski definition) is 5. The Labute approximate surface area is 88.3 Å². The van der Waals surface area contributed by atoms with Gasteiger partial charge in [-0.1, -0.05) is 13.2 Å². The molecule has 0 saturated carbocycles. The number of esters is 2. The van der Waals surface area contributed by atoms with Gasteiger partial charge < -0.3 is 14.2 Å². The number of carbonyl (C=O) groups excluding carboxylic acids is 2. The molecule has 5 nitrogen and oxygen atoms in total. The van der Waals surface area contributed by atoms with Gasteiger partial charge >= 0.3 is 11.9 Å². The van der Waals surface area contributed by atoms with Crippen LogP contribution in [0.1, 0.15) is 6.92 Å².